The zero-order valence-corrected chi connectivity index (χ0v) is 8.16. The van der Waals surface area contributed by atoms with E-state index in [0.29, 0.717) is 6.54 Å². The van der Waals surface area contributed by atoms with Crippen LogP contribution in [0, 0.1) is 0 Å². The molecule has 2 nitrogen and oxygen atoms in total. The van der Waals surface area contributed by atoms with Gasteiger partial charge in [-0.1, -0.05) is 0 Å². The van der Waals surface area contributed by atoms with E-state index < -0.39 is 0 Å². The van der Waals surface area contributed by atoms with Crippen molar-refractivity contribution in [2.24, 2.45) is 5.73 Å². The normalized spacial score (nSPS) is 17.8. The monoisotopic (exact) mass is 182 g/mol. The van der Waals surface area contributed by atoms with Crippen molar-refractivity contribution in [1.82, 2.24) is 4.90 Å². The number of thiophene rings is 1. The molecule has 0 aliphatic carbocycles. The highest BCUT2D eigenvalue weighted by molar-refractivity contribution is 7.12. The quantitative estimate of drug-likeness (QED) is 0.707. The van der Waals surface area contributed by atoms with E-state index in [1.807, 2.05) is 11.3 Å². The van der Waals surface area contributed by atoms with Crippen molar-refractivity contribution < 1.29 is 0 Å². The van der Waals surface area contributed by atoms with E-state index in [4.69, 9.17) is 5.73 Å². The van der Waals surface area contributed by atoms with E-state index in [2.05, 4.69) is 18.0 Å². The third-order valence-electron chi connectivity index (χ3n) is 2.33. The predicted molar refractivity (Wildman–Crippen MR) is 52.2 cm³/mol. The summed E-state index contributed by atoms with van der Waals surface area (Å²) in [5, 5.41) is 0. The molecule has 0 aromatic carbocycles. The third-order valence-corrected chi connectivity index (χ3v) is 3.51. The molecule has 1 aromatic heterocycles. The van der Waals surface area contributed by atoms with Gasteiger partial charge in [-0.25, -0.2) is 0 Å². The van der Waals surface area contributed by atoms with Gasteiger partial charge < -0.3 is 10.6 Å². The first-order valence-electron chi connectivity index (χ1n) is 4.28. The Hall–Kier alpha value is -0.380. The van der Waals surface area contributed by atoms with Crippen LogP contribution >= 0.6 is 11.3 Å². The summed E-state index contributed by atoms with van der Waals surface area (Å²) < 4.78 is 0. The molecule has 0 saturated heterocycles. The zero-order chi connectivity index (χ0) is 8.55. The van der Waals surface area contributed by atoms with Gasteiger partial charge in [0.25, 0.3) is 0 Å². The third kappa shape index (κ3) is 1.40. The number of rotatable bonds is 1. The predicted octanol–water partition coefficient (Wildman–Crippen LogP) is 1.19. The number of nitrogens with two attached hydrogens (primary N) is 1. The molecule has 0 spiro atoms. The molecule has 0 bridgehead atoms. The Morgan fingerprint density at radius 3 is 3.25 bits per heavy atom. The highest BCUT2D eigenvalue weighted by atomic mass is 32.1. The second-order valence-electron chi connectivity index (χ2n) is 3.35. The van der Waals surface area contributed by atoms with Crippen molar-refractivity contribution >= 4 is 11.3 Å². The van der Waals surface area contributed by atoms with E-state index in [-0.39, 0.29) is 0 Å². The topological polar surface area (TPSA) is 29.3 Å². The highest BCUT2D eigenvalue weighted by Gasteiger charge is 2.15. The van der Waals surface area contributed by atoms with Gasteiger partial charge in [-0.05, 0) is 25.1 Å². The molecule has 0 fully saturated rings. The SMILES string of the molecule is CN1CCc2cc(CN)sc2C1. The number of hydrogen-bond acceptors (Lipinski definition) is 3. The molecule has 0 unspecified atom stereocenters. The number of nitrogens with zero attached hydrogens (tertiary/aromatic N) is 1. The van der Waals surface area contributed by atoms with Crippen LogP contribution in [0.1, 0.15) is 15.3 Å². The average Bonchev–Trinajstić information content (AvgIpc) is 2.46. The van der Waals surface area contributed by atoms with E-state index >= 15 is 0 Å². The van der Waals surface area contributed by atoms with E-state index in [0.717, 1.165) is 6.54 Å². The molecule has 12 heavy (non-hydrogen) atoms. The Kier molecular flexibility index (Phi) is 2.17. The minimum absolute atomic E-state index is 0.696. The molecule has 0 radical (unpaired) electrons. The standard InChI is InChI=1S/C9H14N2S/c1-11-3-2-7-4-8(5-10)12-9(7)6-11/h4H,2-3,5-6,10H2,1H3. The lowest BCUT2D eigenvalue weighted by molar-refractivity contribution is 0.317. The minimum atomic E-state index is 0.696. The lowest BCUT2D eigenvalue weighted by Gasteiger charge is -2.21. The first-order chi connectivity index (χ1) is 5.79. The van der Waals surface area contributed by atoms with Crippen LogP contribution in [0.4, 0.5) is 0 Å². The molecule has 3 heteroatoms. The van der Waals surface area contributed by atoms with Crippen molar-refractivity contribution in [1.29, 1.82) is 0 Å². The van der Waals surface area contributed by atoms with Crippen molar-refractivity contribution in [3.8, 4) is 0 Å². The Bertz CT molecular complexity index is 280. The van der Waals surface area contributed by atoms with Crippen molar-refractivity contribution in [2.75, 3.05) is 13.6 Å². The first kappa shape index (κ1) is 8.23. The van der Waals surface area contributed by atoms with Crippen molar-refractivity contribution in [2.45, 2.75) is 19.5 Å². The molecular weight excluding hydrogens is 168 g/mol. The van der Waals surface area contributed by atoms with Crippen LogP contribution < -0.4 is 5.73 Å². The smallest absolute Gasteiger partial charge is 0.0327 e. The fourth-order valence-corrected chi connectivity index (χ4v) is 2.79. The minimum Gasteiger partial charge on any atom is -0.326 e. The van der Waals surface area contributed by atoms with Crippen molar-refractivity contribution in [3.05, 3.63) is 21.4 Å². The maximum absolute atomic E-state index is 5.59. The molecule has 1 aliphatic heterocycles. The second-order valence-corrected chi connectivity index (χ2v) is 4.57. The number of hydrogen-bond donors (Lipinski definition) is 1. The van der Waals surface area contributed by atoms with Gasteiger partial charge in [0, 0.05) is 29.4 Å². The summed E-state index contributed by atoms with van der Waals surface area (Å²) in [6.45, 7) is 3.00. The Labute approximate surface area is 77.0 Å². The summed E-state index contributed by atoms with van der Waals surface area (Å²) in [4.78, 5) is 5.21. The largest absolute Gasteiger partial charge is 0.326 e. The molecule has 0 atom stereocenters. The van der Waals surface area contributed by atoms with E-state index in [1.54, 1.807) is 0 Å². The number of likely N-dealkylation sites (N-methyl/N-ethyl adjacent to an activating group) is 1. The summed E-state index contributed by atoms with van der Waals surface area (Å²) >= 11 is 1.87. The summed E-state index contributed by atoms with van der Waals surface area (Å²) in [6, 6.07) is 2.27. The van der Waals surface area contributed by atoms with Crippen LogP contribution in [-0.2, 0) is 19.5 Å². The highest BCUT2D eigenvalue weighted by Crippen LogP contribution is 2.27. The van der Waals surface area contributed by atoms with Gasteiger partial charge >= 0.3 is 0 Å². The molecule has 66 valence electrons. The lowest BCUT2D eigenvalue weighted by Crippen LogP contribution is -2.24. The second kappa shape index (κ2) is 3.17. The first-order valence-corrected chi connectivity index (χ1v) is 5.10. The molecule has 0 saturated carbocycles. The van der Waals surface area contributed by atoms with Gasteiger partial charge in [0.2, 0.25) is 0 Å². The van der Waals surface area contributed by atoms with Gasteiger partial charge in [-0.15, -0.1) is 11.3 Å². The van der Waals surface area contributed by atoms with Gasteiger partial charge in [0.15, 0.2) is 0 Å². The van der Waals surface area contributed by atoms with Crippen LogP contribution in [0.5, 0.6) is 0 Å². The van der Waals surface area contributed by atoms with Crippen LogP contribution in [-0.4, -0.2) is 18.5 Å². The van der Waals surface area contributed by atoms with Gasteiger partial charge in [0.05, 0.1) is 0 Å². The maximum Gasteiger partial charge on any atom is 0.0327 e. The molecule has 0 amide bonds. The summed E-state index contributed by atoms with van der Waals surface area (Å²) in [5.74, 6) is 0. The summed E-state index contributed by atoms with van der Waals surface area (Å²) in [6.07, 6.45) is 1.20. The molecule has 2 N–H and O–H groups in total. The Morgan fingerprint density at radius 2 is 2.50 bits per heavy atom. The molecular formula is C9H14N2S. The molecule has 2 rings (SSSR count). The fraction of sp³-hybridized carbons (Fsp3) is 0.556. The molecule has 2 heterocycles. The van der Waals surface area contributed by atoms with Gasteiger partial charge in [-0.3, -0.25) is 0 Å². The molecule has 1 aliphatic rings. The zero-order valence-electron chi connectivity index (χ0n) is 7.34. The molecule has 1 aromatic rings. The van der Waals surface area contributed by atoms with Crippen LogP contribution in [0.15, 0.2) is 6.07 Å². The van der Waals surface area contributed by atoms with E-state index in [1.165, 1.54) is 28.3 Å². The fourth-order valence-electron chi connectivity index (χ4n) is 1.61. The van der Waals surface area contributed by atoms with E-state index in [9.17, 15) is 0 Å². The van der Waals surface area contributed by atoms with Crippen LogP contribution in [0.25, 0.3) is 0 Å². The average molecular weight is 182 g/mol. The Balaban J connectivity index is 2.28. The summed E-state index contributed by atoms with van der Waals surface area (Å²) in [7, 11) is 2.17. The Morgan fingerprint density at radius 1 is 1.67 bits per heavy atom. The maximum atomic E-state index is 5.59. The van der Waals surface area contributed by atoms with Crippen LogP contribution in [0.3, 0.4) is 0 Å². The van der Waals surface area contributed by atoms with Crippen LogP contribution in [0.2, 0.25) is 0 Å². The van der Waals surface area contributed by atoms with Gasteiger partial charge in [0.1, 0.15) is 0 Å². The van der Waals surface area contributed by atoms with Gasteiger partial charge in [-0.2, -0.15) is 0 Å². The number of fused-ring (bicyclic) bond motifs is 1. The summed E-state index contributed by atoms with van der Waals surface area (Å²) in [5.41, 5.74) is 7.12. The van der Waals surface area contributed by atoms with Crippen molar-refractivity contribution in [3.63, 3.8) is 0 Å². The lowest BCUT2D eigenvalue weighted by atomic mass is 10.1.